The van der Waals surface area contributed by atoms with Crippen molar-refractivity contribution in [2.45, 2.75) is 26.3 Å². The van der Waals surface area contributed by atoms with Gasteiger partial charge in [-0.05, 0) is 34.9 Å². The predicted octanol–water partition coefficient (Wildman–Crippen LogP) is 4.48. The lowest BCUT2D eigenvalue weighted by Crippen LogP contribution is -2.29. The quantitative estimate of drug-likeness (QED) is 0.602. The minimum atomic E-state index is -0.283. The summed E-state index contributed by atoms with van der Waals surface area (Å²) in [5.41, 5.74) is 4.77. The summed E-state index contributed by atoms with van der Waals surface area (Å²) in [6, 6.07) is 13.8. The number of hydrogen-bond acceptors (Lipinski definition) is 5. The molecule has 30 heavy (non-hydrogen) atoms. The van der Waals surface area contributed by atoms with Gasteiger partial charge in [0.15, 0.2) is 0 Å². The summed E-state index contributed by atoms with van der Waals surface area (Å²) in [7, 11) is 1.37. The third-order valence-corrected chi connectivity index (χ3v) is 5.13. The number of amides is 1. The molecule has 6 nitrogen and oxygen atoms in total. The molecule has 1 amide bonds. The highest BCUT2D eigenvalue weighted by Gasteiger charge is 2.19. The first-order valence-corrected chi connectivity index (χ1v) is 9.75. The third kappa shape index (κ3) is 4.03. The number of benzene rings is 2. The normalized spacial score (nSPS) is 13.6. The van der Waals surface area contributed by atoms with Crippen molar-refractivity contribution in [3.05, 3.63) is 71.1 Å². The van der Waals surface area contributed by atoms with Crippen molar-refractivity contribution in [1.82, 2.24) is 4.98 Å². The van der Waals surface area contributed by atoms with Gasteiger partial charge in [0, 0.05) is 18.9 Å². The second-order valence-corrected chi connectivity index (χ2v) is 7.12. The lowest BCUT2D eigenvalue weighted by Gasteiger charge is -2.26. The fourth-order valence-corrected chi connectivity index (χ4v) is 3.50. The van der Waals surface area contributed by atoms with Crippen LogP contribution in [-0.4, -0.2) is 24.0 Å². The average Bonchev–Trinajstić information content (AvgIpc) is 3.22. The van der Waals surface area contributed by atoms with E-state index < -0.39 is 0 Å². The first kappa shape index (κ1) is 19.6. The minimum absolute atomic E-state index is 0.00396. The number of ether oxygens (including phenoxy) is 1. The van der Waals surface area contributed by atoms with E-state index >= 15 is 0 Å². The SMILES string of the molecule is COC(=O)CCc1cnc(-c2ccc3c(c2)/C=C\c2ccccc2N(C(C)=O)C3)o1. The Morgan fingerprint density at radius 3 is 2.73 bits per heavy atom. The highest BCUT2D eigenvalue weighted by Crippen LogP contribution is 2.31. The maximum absolute atomic E-state index is 12.3. The van der Waals surface area contributed by atoms with E-state index in [1.807, 2.05) is 48.5 Å². The van der Waals surface area contributed by atoms with E-state index in [0.717, 1.165) is 27.9 Å². The van der Waals surface area contributed by atoms with Crippen molar-refractivity contribution in [3.63, 3.8) is 0 Å². The average molecular weight is 402 g/mol. The molecule has 0 saturated heterocycles. The number of oxazole rings is 1. The zero-order valence-electron chi connectivity index (χ0n) is 16.9. The van der Waals surface area contributed by atoms with E-state index in [2.05, 4.69) is 15.8 Å². The van der Waals surface area contributed by atoms with Crippen LogP contribution in [0.1, 0.15) is 35.8 Å². The number of nitrogens with zero attached hydrogens (tertiary/aromatic N) is 2. The van der Waals surface area contributed by atoms with Crippen molar-refractivity contribution in [1.29, 1.82) is 0 Å². The fraction of sp³-hybridized carbons (Fsp3) is 0.208. The first-order valence-electron chi connectivity index (χ1n) is 9.75. The number of carbonyl (C=O) groups is 2. The summed E-state index contributed by atoms with van der Waals surface area (Å²) in [4.78, 5) is 29.8. The summed E-state index contributed by atoms with van der Waals surface area (Å²) in [5.74, 6) is 0.844. The number of anilines is 1. The van der Waals surface area contributed by atoms with E-state index in [1.54, 1.807) is 18.0 Å². The third-order valence-electron chi connectivity index (χ3n) is 5.13. The molecule has 0 spiro atoms. The summed E-state index contributed by atoms with van der Waals surface area (Å²) in [5, 5.41) is 0. The number of hydrogen-bond donors (Lipinski definition) is 0. The molecular weight excluding hydrogens is 380 g/mol. The molecule has 6 heteroatoms. The Morgan fingerprint density at radius 2 is 1.93 bits per heavy atom. The van der Waals surface area contributed by atoms with E-state index in [-0.39, 0.29) is 18.3 Å². The first-order chi connectivity index (χ1) is 14.5. The Balaban J connectivity index is 1.65. The number of rotatable bonds is 4. The Hall–Kier alpha value is -3.67. The molecule has 4 rings (SSSR count). The molecule has 1 aliphatic rings. The summed E-state index contributed by atoms with van der Waals surface area (Å²) in [6.07, 6.45) is 6.40. The van der Waals surface area contributed by atoms with Crippen LogP contribution in [0.2, 0.25) is 0 Å². The molecule has 2 heterocycles. The molecule has 2 aromatic carbocycles. The number of carbonyl (C=O) groups excluding carboxylic acids is 2. The van der Waals surface area contributed by atoms with Crippen molar-refractivity contribution >= 4 is 29.7 Å². The van der Waals surface area contributed by atoms with Crippen LogP contribution in [0.4, 0.5) is 5.69 Å². The zero-order valence-corrected chi connectivity index (χ0v) is 16.9. The van der Waals surface area contributed by atoms with E-state index in [9.17, 15) is 9.59 Å². The van der Waals surface area contributed by atoms with Gasteiger partial charge in [-0.3, -0.25) is 9.59 Å². The standard InChI is InChI=1S/C24H22N2O4/c1-16(27)26-15-20-10-9-19(24-25-14-21(30-24)11-12-23(28)29-2)13-18(20)8-7-17-5-3-4-6-22(17)26/h3-10,13-14H,11-12,15H2,1-2H3/b8-7-. The molecule has 1 aromatic heterocycles. The Bertz CT molecular complexity index is 1130. The van der Waals surface area contributed by atoms with Gasteiger partial charge in [0.25, 0.3) is 0 Å². The van der Waals surface area contributed by atoms with Crippen LogP contribution >= 0.6 is 0 Å². The van der Waals surface area contributed by atoms with Gasteiger partial charge in [-0.25, -0.2) is 4.98 Å². The molecule has 152 valence electrons. The van der Waals surface area contributed by atoms with Gasteiger partial charge in [0.05, 0.1) is 32.0 Å². The maximum atomic E-state index is 12.3. The monoisotopic (exact) mass is 402 g/mol. The molecule has 0 radical (unpaired) electrons. The van der Waals surface area contributed by atoms with E-state index in [4.69, 9.17) is 4.42 Å². The molecular formula is C24H22N2O4. The second kappa shape index (κ2) is 8.37. The maximum Gasteiger partial charge on any atom is 0.305 e. The van der Waals surface area contributed by atoms with Crippen molar-refractivity contribution in [3.8, 4) is 11.5 Å². The summed E-state index contributed by atoms with van der Waals surface area (Å²) >= 11 is 0. The van der Waals surface area contributed by atoms with Gasteiger partial charge in [-0.1, -0.05) is 36.4 Å². The van der Waals surface area contributed by atoms with Crippen molar-refractivity contribution in [2.24, 2.45) is 0 Å². The largest absolute Gasteiger partial charge is 0.469 e. The smallest absolute Gasteiger partial charge is 0.305 e. The molecule has 0 fully saturated rings. The highest BCUT2D eigenvalue weighted by atomic mass is 16.5. The Morgan fingerprint density at radius 1 is 1.13 bits per heavy atom. The van der Waals surface area contributed by atoms with Crippen molar-refractivity contribution < 1.29 is 18.7 Å². The van der Waals surface area contributed by atoms with Crippen LogP contribution < -0.4 is 4.90 Å². The van der Waals surface area contributed by atoms with Gasteiger partial charge < -0.3 is 14.1 Å². The molecule has 0 bridgehead atoms. The second-order valence-electron chi connectivity index (χ2n) is 7.12. The van der Waals surface area contributed by atoms with Crippen molar-refractivity contribution in [2.75, 3.05) is 12.0 Å². The van der Waals surface area contributed by atoms with Crippen LogP contribution in [0, 0.1) is 0 Å². The van der Waals surface area contributed by atoms with Crippen LogP contribution in [0.25, 0.3) is 23.6 Å². The topological polar surface area (TPSA) is 72.6 Å². The molecule has 0 aliphatic carbocycles. The van der Waals surface area contributed by atoms with E-state index in [0.29, 0.717) is 24.6 Å². The molecule has 3 aromatic rings. The highest BCUT2D eigenvalue weighted by molar-refractivity contribution is 5.95. The molecule has 0 saturated carbocycles. The Kier molecular flexibility index (Phi) is 5.48. The number of aromatic nitrogens is 1. The Labute approximate surface area is 174 Å². The molecule has 0 N–H and O–H groups in total. The van der Waals surface area contributed by atoms with Gasteiger partial charge >= 0.3 is 5.97 Å². The predicted molar refractivity (Wildman–Crippen MR) is 115 cm³/mol. The lowest BCUT2D eigenvalue weighted by molar-refractivity contribution is -0.140. The zero-order chi connectivity index (χ0) is 21.1. The van der Waals surface area contributed by atoms with Gasteiger partial charge in [0.1, 0.15) is 5.76 Å². The summed E-state index contributed by atoms with van der Waals surface area (Å²) in [6.45, 7) is 2.07. The molecule has 0 unspecified atom stereocenters. The lowest BCUT2D eigenvalue weighted by atomic mass is 9.99. The van der Waals surface area contributed by atoms with Crippen LogP contribution in [0.15, 0.2) is 53.1 Å². The van der Waals surface area contributed by atoms with E-state index in [1.165, 1.54) is 7.11 Å². The van der Waals surface area contributed by atoms with Crippen LogP contribution in [0.5, 0.6) is 0 Å². The number of aryl methyl sites for hydroxylation is 1. The number of methoxy groups -OCH3 is 1. The number of fused-ring (bicyclic) bond motifs is 2. The van der Waals surface area contributed by atoms with Gasteiger partial charge in [-0.15, -0.1) is 0 Å². The minimum Gasteiger partial charge on any atom is -0.469 e. The number of esters is 1. The van der Waals surface area contributed by atoms with Crippen LogP contribution in [0.3, 0.4) is 0 Å². The number of para-hydroxylation sites is 1. The molecule has 1 aliphatic heterocycles. The van der Waals surface area contributed by atoms with Gasteiger partial charge in [0.2, 0.25) is 11.8 Å². The van der Waals surface area contributed by atoms with Crippen LogP contribution in [-0.2, 0) is 27.3 Å². The van der Waals surface area contributed by atoms with Gasteiger partial charge in [-0.2, -0.15) is 0 Å². The fourth-order valence-electron chi connectivity index (χ4n) is 3.50. The molecule has 0 atom stereocenters. The summed E-state index contributed by atoms with van der Waals surface area (Å²) < 4.78 is 10.5.